The molecule has 0 amide bonds. The molecule has 2 unspecified atom stereocenters. The van der Waals surface area contributed by atoms with Crippen LogP contribution in [0.4, 0.5) is 0 Å². The fraction of sp³-hybridized carbons (Fsp3) is 0.750. The number of rotatable bonds is 5. The number of hydrogen-bond acceptors (Lipinski definition) is 3. The van der Waals surface area contributed by atoms with Gasteiger partial charge in [0.1, 0.15) is 11.7 Å². The van der Waals surface area contributed by atoms with Gasteiger partial charge in [-0.05, 0) is 18.8 Å². The highest BCUT2D eigenvalue weighted by molar-refractivity contribution is 6.81. The quantitative estimate of drug-likeness (QED) is 0.336. The van der Waals surface area contributed by atoms with Crippen molar-refractivity contribution in [1.82, 2.24) is 0 Å². The number of ether oxygens (including phenoxy) is 1. The van der Waals surface area contributed by atoms with E-state index in [4.69, 9.17) is 4.74 Å². The van der Waals surface area contributed by atoms with Gasteiger partial charge in [0.05, 0.1) is 14.7 Å². The predicted molar refractivity (Wildman–Crippen MR) is 84.2 cm³/mol. The van der Waals surface area contributed by atoms with Crippen LogP contribution < -0.4 is 0 Å². The van der Waals surface area contributed by atoms with E-state index in [1.807, 2.05) is 0 Å². The first-order chi connectivity index (χ1) is 9.24. The minimum atomic E-state index is -1.33. The average molecular weight is 296 g/mol. The van der Waals surface area contributed by atoms with E-state index in [1.54, 1.807) is 0 Å². The van der Waals surface area contributed by atoms with E-state index in [-0.39, 0.29) is 17.7 Å². The Morgan fingerprint density at radius 3 is 2.55 bits per heavy atom. The first-order valence-electron chi connectivity index (χ1n) is 7.65. The first-order valence-corrected chi connectivity index (χ1v) is 11.2. The van der Waals surface area contributed by atoms with Gasteiger partial charge in [0.2, 0.25) is 0 Å². The lowest BCUT2D eigenvalue weighted by Crippen LogP contribution is -2.34. The summed E-state index contributed by atoms with van der Waals surface area (Å²) in [6.07, 6.45) is 2.89. The van der Waals surface area contributed by atoms with Crippen LogP contribution in [-0.4, -0.2) is 26.4 Å². The average Bonchev–Trinajstić information content (AvgIpc) is 2.31. The van der Waals surface area contributed by atoms with Crippen molar-refractivity contribution in [3.8, 4) is 0 Å². The molecule has 0 bridgehead atoms. The van der Waals surface area contributed by atoms with Crippen LogP contribution in [0.3, 0.4) is 0 Å². The molecule has 0 heterocycles. The summed E-state index contributed by atoms with van der Waals surface area (Å²) in [6, 6.07) is 0. The molecule has 2 atom stereocenters. The number of allylic oxidation sites excluding steroid dienone is 1. The molecule has 20 heavy (non-hydrogen) atoms. The summed E-state index contributed by atoms with van der Waals surface area (Å²) < 4.78 is 5.23. The van der Waals surface area contributed by atoms with E-state index in [0.29, 0.717) is 19.4 Å². The summed E-state index contributed by atoms with van der Waals surface area (Å²) in [5.41, 5.74) is 3.62. The van der Waals surface area contributed by atoms with Crippen molar-refractivity contribution < 1.29 is 14.3 Å². The summed E-state index contributed by atoms with van der Waals surface area (Å²) >= 11 is 0. The minimum Gasteiger partial charge on any atom is -0.465 e. The smallest absolute Gasteiger partial charge is 0.316 e. The van der Waals surface area contributed by atoms with Gasteiger partial charge in [0.25, 0.3) is 0 Å². The lowest BCUT2D eigenvalue weighted by Gasteiger charge is -2.28. The third kappa shape index (κ3) is 5.23. The zero-order chi connectivity index (χ0) is 15.3. The number of esters is 1. The van der Waals surface area contributed by atoms with Gasteiger partial charge in [0.15, 0.2) is 0 Å². The third-order valence-corrected chi connectivity index (χ3v) is 4.85. The summed E-state index contributed by atoms with van der Waals surface area (Å²) in [7, 11) is -1.33. The van der Waals surface area contributed by atoms with E-state index < -0.39 is 14.0 Å². The summed E-state index contributed by atoms with van der Waals surface area (Å²) in [5, 5.41) is 0. The van der Waals surface area contributed by atoms with Crippen molar-refractivity contribution in [2.75, 3.05) is 6.61 Å². The predicted octanol–water partition coefficient (Wildman–Crippen LogP) is 3.75. The fourth-order valence-corrected chi connectivity index (χ4v) is 4.03. The normalized spacial score (nSPS) is 25.9. The zero-order valence-corrected chi connectivity index (χ0v) is 14.5. The number of Topliss-reactive ketones (excluding diaryl/α,β-unsaturated/α-hetero) is 1. The number of hydrogen-bond donors (Lipinski definition) is 0. The Hall–Kier alpha value is -0.903. The molecule has 0 radical (unpaired) electrons. The van der Waals surface area contributed by atoms with Gasteiger partial charge >= 0.3 is 5.97 Å². The molecule has 0 spiro atoms. The molecule has 0 aromatic heterocycles. The van der Waals surface area contributed by atoms with E-state index in [2.05, 4.69) is 39.2 Å². The maximum Gasteiger partial charge on any atom is 0.316 e. The molecular formula is C16H28O3Si. The molecule has 0 aromatic carbocycles. The van der Waals surface area contributed by atoms with Crippen molar-refractivity contribution in [3.05, 3.63) is 11.3 Å². The number of carbonyl (C=O) groups is 2. The van der Waals surface area contributed by atoms with Crippen molar-refractivity contribution in [3.63, 3.8) is 0 Å². The van der Waals surface area contributed by atoms with Crippen LogP contribution in [0.5, 0.6) is 0 Å². The van der Waals surface area contributed by atoms with Gasteiger partial charge in [-0.15, -0.1) is 0 Å². The van der Waals surface area contributed by atoms with Gasteiger partial charge in [0, 0.05) is 6.42 Å². The number of unbranched alkanes of at least 4 members (excludes halogenated alkanes) is 1. The second-order valence-electron chi connectivity index (χ2n) is 6.93. The third-order valence-electron chi connectivity index (χ3n) is 3.61. The fourth-order valence-electron chi connectivity index (χ4n) is 2.52. The van der Waals surface area contributed by atoms with E-state index in [9.17, 15) is 9.59 Å². The Labute approximate surface area is 123 Å². The molecule has 1 fully saturated rings. The molecule has 3 nitrogen and oxygen atoms in total. The topological polar surface area (TPSA) is 43.4 Å². The van der Waals surface area contributed by atoms with Gasteiger partial charge in [-0.25, -0.2) is 0 Å². The highest BCUT2D eigenvalue weighted by Gasteiger charge is 2.36. The van der Waals surface area contributed by atoms with Crippen LogP contribution in [0.25, 0.3) is 0 Å². The van der Waals surface area contributed by atoms with Crippen molar-refractivity contribution in [1.29, 1.82) is 0 Å². The maximum atomic E-state index is 12.1. The summed E-state index contributed by atoms with van der Waals surface area (Å²) in [5.74, 6) is -0.567. The lowest BCUT2D eigenvalue weighted by atomic mass is 9.79. The maximum absolute atomic E-state index is 12.1. The highest BCUT2D eigenvalue weighted by atomic mass is 28.3. The number of carbonyl (C=O) groups excluding carboxylic acids is 2. The Kier molecular flexibility index (Phi) is 6.18. The molecule has 1 rings (SSSR count). The Morgan fingerprint density at radius 1 is 1.35 bits per heavy atom. The van der Waals surface area contributed by atoms with Crippen molar-refractivity contribution >= 4 is 19.8 Å². The van der Waals surface area contributed by atoms with Crippen molar-refractivity contribution in [2.45, 2.75) is 59.2 Å². The first kappa shape index (κ1) is 17.1. The van der Waals surface area contributed by atoms with E-state index in [1.165, 1.54) is 5.57 Å². The Balaban J connectivity index is 2.75. The Bertz CT molecular complexity index is 393. The standard InChI is InChI=1S/C16H28O3Si/c1-6-7-8-19-16(18)14-10-13(11-20(3,4)5)12(2)9-15(14)17/h11-12,14H,6-10H2,1-5H3/b13-11+. The van der Waals surface area contributed by atoms with Crippen molar-refractivity contribution in [2.24, 2.45) is 11.8 Å². The SMILES string of the molecule is CCCCOC(=O)C1C/C(=C\[Si](C)(C)C)C(C)CC1=O. The molecular weight excluding hydrogens is 268 g/mol. The molecule has 0 aromatic rings. The highest BCUT2D eigenvalue weighted by Crippen LogP contribution is 2.32. The summed E-state index contributed by atoms with van der Waals surface area (Å²) in [4.78, 5) is 24.1. The molecule has 4 heteroatoms. The summed E-state index contributed by atoms with van der Waals surface area (Å²) in [6.45, 7) is 11.4. The van der Waals surface area contributed by atoms with Crippen LogP contribution in [0.1, 0.15) is 39.5 Å². The van der Waals surface area contributed by atoms with Crippen LogP contribution in [0.15, 0.2) is 11.3 Å². The van der Waals surface area contributed by atoms with Crippen LogP contribution in [0, 0.1) is 11.8 Å². The number of ketones is 1. The molecule has 0 aliphatic heterocycles. The van der Waals surface area contributed by atoms with Gasteiger partial charge < -0.3 is 4.74 Å². The second kappa shape index (κ2) is 7.20. The second-order valence-corrected chi connectivity index (χ2v) is 12.0. The lowest BCUT2D eigenvalue weighted by molar-refractivity contribution is -0.153. The van der Waals surface area contributed by atoms with Gasteiger partial charge in [-0.3, -0.25) is 9.59 Å². The van der Waals surface area contributed by atoms with Crippen LogP contribution >= 0.6 is 0 Å². The van der Waals surface area contributed by atoms with E-state index >= 15 is 0 Å². The molecule has 1 aliphatic carbocycles. The monoisotopic (exact) mass is 296 g/mol. The molecule has 114 valence electrons. The molecule has 1 aliphatic rings. The Morgan fingerprint density at radius 2 is 2.00 bits per heavy atom. The van der Waals surface area contributed by atoms with Gasteiger partial charge in [-0.2, -0.15) is 0 Å². The van der Waals surface area contributed by atoms with Gasteiger partial charge in [-0.1, -0.05) is 51.2 Å². The molecule has 0 N–H and O–H groups in total. The minimum absolute atomic E-state index is 0.0479. The molecule has 0 saturated heterocycles. The van der Waals surface area contributed by atoms with Crippen LogP contribution in [-0.2, 0) is 14.3 Å². The van der Waals surface area contributed by atoms with E-state index in [0.717, 1.165) is 12.8 Å². The zero-order valence-electron chi connectivity index (χ0n) is 13.5. The molecule has 1 saturated carbocycles. The largest absolute Gasteiger partial charge is 0.465 e. The van der Waals surface area contributed by atoms with Crippen LogP contribution in [0.2, 0.25) is 19.6 Å².